The minimum absolute atomic E-state index is 0.0256. The second-order valence-corrected chi connectivity index (χ2v) is 8.44. The summed E-state index contributed by atoms with van der Waals surface area (Å²) in [4.78, 5) is 34.2. The molecule has 4 atom stereocenters. The normalized spacial score (nSPS) is 30.6. The third-order valence-corrected chi connectivity index (χ3v) is 6.20. The summed E-state index contributed by atoms with van der Waals surface area (Å²) < 4.78 is 0. The second kappa shape index (κ2) is 7.56. The van der Waals surface area contributed by atoms with Crippen molar-refractivity contribution in [3.8, 4) is 0 Å². The van der Waals surface area contributed by atoms with Crippen molar-refractivity contribution in [3.05, 3.63) is 30.1 Å². The SMILES string of the molecule is CC(C)C1CC(C(=O)N2C[C@H]3CC[C@@H]2CN(C(=O)c2ccccn2)C3)NN1. The number of nitrogens with zero attached hydrogens (tertiary/aromatic N) is 3. The maximum Gasteiger partial charge on any atom is 0.272 e. The average Bonchev–Trinajstić information content (AvgIpc) is 3.01. The number of fused-ring (bicyclic) bond motifs is 4. The van der Waals surface area contributed by atoms with E-state index in [0.29, 0.717) is 36.7 Å². The summed E-state index contributed by atoms with van der Waals surface area (Å²) in [6.45, 7) is 6.40. The lowest BCUT2D eigenvalue weighted by Gasteiger charge is -2.37. The molecule has 146 valence electrons. The maximum absolute atomic E-state index is 13.2. The fourth-order valence-corrected chi connectivity index (χ4v) is 4.55. The van der Waals surface area contributed by atoms with Gasteiger partial charge in [-0.05, 0) is 43.2 Å². The van der Waals surface area contributed by atoms with Crippen molar-refractivity contribution in [3.63, 3.8) is 0 Å². The molecular weight excluding hydrogens is 342 g/mol. The number of aromatic nitrogens is 1. The number of rotatable bonds is 3. The van der Waals surface area contributed by atoms with Crippen LogP contribution < -0.4 is 10.9 Å². The Balaban J connectivity index is 1.45. The third kappa shape index (κ3) is 3.71. The van der Waals surface area contributed by atoms with Crippen LogP contribution in [0.1, 0.15) is 43.6 Å². The van der Waals surface area contributed by atoms with Gasteiger partial charge in [0.25, 0.3) is 5.91 Å². The minimum atomic E-state index is -0.170. The first kappa shape index (κ1) is 18.4. The Morgan fingerprint density at radius 3 is 2.70 bits per heavy atom. The van der Waals surface area contributed by atoms with E-state index in [0.717, 1.165) is 25.8 Å². The van der Waals surface area contributed by atoms with Crippen LogP contribution in [-0.2, 0) is 4.79 Å². The lowest BCUT2D eigenvalue weighted by atomic mass is 9.93. The van der Waals surface area contributed by atoms with E-state index in [1.165, 1.54) is 0 Å². The van der Waals surface area contributed by atoms with Crippen molar-refractivity contribution in [1.29, 1.82) is 0 Å². The van der Waals surface area contributed by atoms with Gasteiger partial charge in [0.2, 0.25) is 5.91 Å². The van der Waals surface area contributed by atoms with Crippen LogP contribution in [-0.4, -0.2) is 64.4 Å². The number of amides is 2. The van der Waals surface area contributed by atoms with Crippen LogP contribution >= 0.6 is 0 Å². The molecule has 4 fully saturated rings. The zero-order chi connectivity index (χ0) is 19.0. The molecule has 0 saturated carbocycles. The van der Waals surface area contributed by atoms with Gasteiger partial charge >= 0.3 is 0 Å². The summed E-state index contributed by atoms with van der Waals surface area (Å²) in [5.41, 5.74) is 6.94. The lowest BCUT2D eigenvalue weighted by molar-refractivity contribution is -0.137. The van der Waals surface area contributed by atoms with Crippen LogP contribution in [0.2, 0.25) is 0 Å². The van der Waals surface area contributed by atoms with E-state index in [1.54, 1.807) is 12.3 Å². The molecule has 1 aromatic rings. The van der Waals surface area contributed by atoms with E-state index in [4.69, 9.17) is 0 Å². The Hall–Kier alpha value is -1.99. The summed E-state index contributed by atoms with van der Waals surface area (Å²) >= 11 is 0. The highest BCUT2D eigenvalue weighted by molar-refractivity contribution is 5.92. The molecule has 0 spiro atoms. The first-order chi connectivity index (χ1) is 13.0. The third-order valence-electron chi connectivity index (χ3n) is 6.20. The van der Waals surface area contributed by atoms with Gasteiger partial charge in [0.15, 0.2) is 0 Å². The summed E-state index contributed by atoms with van der Waals surface area (Å²) in [5, 5.41) is 0. The Labute approximate surface area is 160 Å². The van der Waals surface area contributed by atoms with Crippen molar-refractivity contribution in [2.24, 2.45) is 11.8 Å². The molecule has 27 heavy (non-hydrogen) atoms. The Kier molecular flexibility index (Phi) is 5.14. The average molecular weight is 371 g/mol. The highest BCUT2D eigenvalue weighted by Crippen LogP contribution is 2.30. The van der Waals surface area contributed by atoms with Crippen LogP contribution in [0.5, 0.6) is 0 Å². The molecule has 4 aliphatic rings. The number of carbonyl (C=O) groups excluding carboxylic acids is 2. The van der Waals surface area contributed by atoms with Crippen molar-refractivity contribution < 1.29 is 9.59 Å². The van der Waals surface area contributed by atoms with E-state index < -0.39 is 0 Å². The molecule has 2 N–H and O–H groups in total. The maximum atomic E-state index is 13.2. The number of nitrogens with one attached hydrogen (secondary N) is 2. The largest absolute Gasteiger partial charge is 0.336 e. The van der Waals surface area contributed by atoms with E-state index in [1.807, 2.05) is 21.9 Å². The summed E-state index contributed by atoms with van der Waals surface area (Å²) in [7, 11) is 0. The monoisotopic (exact) mass is 371 g/mol. The predicted octanol–water partition coefficient (Wildman–Crippen LogP) is 1.04. The molecule has 0 radical (unpaired) electrons. The molecule has 7 heteroatoms. The van der Waals surface area contributed by atoms with Gasteiger partial charge in [-0.3, -0.25) is 20.0 Å². The Morgan fingerprint density at radius 2 is 2.00 bits per heavy atom. The number of hydrogen-bond acceptors (Lipinski definition) is 5. The Bertz CT molecular complexity index is 695. The first-order valence-electron chi connectivity index (χ1n) is 10.0. The standard InChI is InChI=1S/C20H29N5O2/c1-13(2)17-9-18(23-22-17)20(27)25-11-14-6-7-15(25)12-24(10-14)19(26)16-5-3-4-8-21-16/h3-5,8,13-15,17-18,22-23H,6-7,9-12H2,1-2H3/t14-,15+,17?,18?/m0/s1. The molecule has 5 rings (SSSR count). The lowest BCUT2D eigenvalue weighted by Crippen LogP contribution is -2.53. The van der Waals surface area contributed by atoms with Crippen molar-refractivity contribution >= 4 is 11.8 Å². The number of pyridine rings is 1. The van der Waals surface area contributed by atoms with Gasteiger partial charge in [-0.15, -0.1) is 0 Å². The molecule has 5 heterocycles. The predicted molar refractivity (Wildman–Crippen MR) is 102 cm³/mol. The highest BCUT2D eigenvalue weighted by Gasteiger charge is 2.42. The van der Waals surface area contributed by atoms with Gasteiger partial charge in [-0.1, -0.05) is 19.9 Å². The van der Waals surface area contributed by atoms with Crippen LogP contribution in [0, 0.1) is 11.8 Å². The van der Waals surface area contributed by atoms with Crippen LogP contribution in [0.25, 0.3) is 0 Å². The molecule has 4 saturated heterocycles. The summed E-state index contributed by atoms with van der Waals surface area (Å²) in [6.07, 6.45) is 4.52. The van der Waals surface area contributed by atoms with Crippen LogP contribution in [0.3, 0.4) is 0 Å². The van der Waals surface area contributed by atoms with Gasteiger partial charge in [0, 0.05) is 37.9 Å². The quantitative estimate of drug-likeness (QED) is 0.830. The van der Waals surface area contributed by atoms with Gasteiger partial charge in [-0.2, -0.15) is 0 Å². The van der Waals surface area contributed by atoms with E-state index >= 15 is 0 Å². The molecule has 4 aliphatic heterocycles. The molecule has 1 aromatic heterocycles. The first-order valence-corrected chi connectivity index (χ1v) is 10.0. The molecule has 2 unspecified atom stereocenters. The molecule has 2 amide bonds. The van der Waals surface area contributed by atoms with E-state index in [-0.39, 0.29) is 23.9 Å². The van der Waals surface area contributed by atoms with Crippen molar-refractivity contribution in [2.45, 2.75) is 51.2 Å². The summed E-state index contributed by atoms with van der Waals surface area (Å²) in [6, 6.07) is 5.67. The van der Waals surface area contributed by atoms with Crippen molar-refractivity contribution in [1.82, 2.24) is 25.6 Å². The second-order valence-electron chi connectivity index (χ2n) is 8.44. The molecular formula is C20H29N5O2. The van der Waals surface area contributed by atoms with Crippen molar-refractivity contribution in [2.75, 3.05) is 19.6 Å². The number of piperidine rings is 1. The van der Waals surface area contributed by atoms with Gasteiger partial charge < -0.3 is 9.80 Å². The molecule has 0 aliphatic carbocycles. The fourth-order valence-electron chi connectivity index (χ4n) is 4.55. The number of carbonyl (C=O) groups is 2. The molecule has 0 aromatic carbocycles. The smallest absolute Gasteiger partial charge is 0.272 e. The minimum Gasteiger partial charge on any atom is -0.336 e. The highest BCUT2D eigenvalue weighted by atomic mass is 16.2. The molecule has 2 bridgehead atoms. The van der Waals surface area contributed by atoms with Gasteiger partial charge in [-0.25, -0.2) is 5.43 Å². The molecule has 7 nitrogen and oxygen atoms in total. The Morgan fingerprint density at radius 1 is 1.15 bits per heavy atom. The summed E-state index contributed by atoms with van der Waals surface area (Å²) in [5.74, 6) is 0.979. The van der Waals surface area contributed by atoms with Crippen LogP contribution in [0.15, 0.2) is 24.4 Å². The zero-order valence-electron chi connectivity index (χ0n) is 16.1. The number of hydrazine groups is 1. The number of hydrogen-bond donors (Lipinski definition) is 2. The van der Waals surface area contributed by atoms with E-state index in [2.05, 4.69) is 29.7 Å². The van der Waals surface area contributed by atoms with E-state index in [9.17, 15) is 9.59 Å². The fraction of sp³-hybridized carbons (Fsp3) is 0.650. The van der Waals surface area contributed by atoms with Gasteiger partial charge in [0.1, 0.15) is 11.7 Å². The van der Waals surface area contributed by atoms with Gasteiger partial charge in [0.05, 0.1) is 0 Å². The topological polar surface area (TPSA) is 77.6 Å². The van der Waals surface area contributed by atoms with Crippen LogP contribution in [0.4, 0.5) is 0 Å². The zero-order valence-corrected chi connectivity index (χ0v) is 16.1.